The van der Waals surface area contributed by atoms with Crippen LogP contribution in [0.1, 0.15) is 59.8 Å². The van der Waals surface area contributed by atoms with E-state index in [2.05, 4.69) is 32.1 Å². The Hall–Kier alpha value is -1.66. The quantitative estimate of drug-likeness (QED) is 0.641. The van der Waals surface area contributed by atoms with E-state index in [1.807, 2.05) is 0 Å². The molecule has 1 saturated heterocycles. The summed E-state index contributed by atoms with van der Waals surface area (Å²) in [6.07, 6.45) is 7.62. The van der Waals surface area contributed by atoms with Crippen LogP contribution in [0.15, 0.2) is 23.8 Å². The predicted octanol–water partition coefficient (Wildman–Crippen LogP) is 3.17. The van der Waals surface area contributed by atoms with Gasteiger partial charge in [0.15, 0.2) is 0 Å². The first-order valence-electron chi connectivity index (χ1n) is 11.3. The van der Waals surface area contributed by atoms with Crippen molar-refractivity contribution in [2.45, 2.75) is 84.2 Å². The highest BCUT2D eigenvalue weighted by Crippen LogP contribution is 2.45. The Labute approximate surface area is 179 Å². The first kappa shape index (κ1) is 23.0. The number of carbonyl (C=O) groups is 2. The van der Waals surface area contributed by atoms with E-state index in [0.29, 0.717) is 24.7 Å². The number of esters is 2. The highest BCUT2D eigenvalue weighted by Gasteiger charge is 2.42. The van der Waals surface area contributed by atoms with Gasteiger partial charge in [0.2, 0.25) is 0 Å². The van der Waals surface area contributed by atoms with Crippen LogP contribution in [0.5, 0.6) is 0 Å². The minimum absolute atomic E-state index is 0.0754. The Kier molecular flexibility index (Phi) is 7.40. The molecule has 0 saturated carbocycles. The fourth-order valence-corrected chi connectivity index (χ4v) is 5.09. The van der Waals surface area contributed by atoms with Crippen molar-refractivity contribution in [3.63, 3.8) is 0 Å². The van der Waals surface area contributed by atoms with Gasteiger partial charge in [-0.25, -0.2) is 0 Å². The molecule has 1 aliphatic heterocycles. The van der Waals surface area contributed by atoms with Crippen molar-refractivity contribution in [3.05, 3.63) is 23.8 Å². The molecule has 168 valence electrons. The summed E-state index contributed by atoms with van der Waals surface area (Å²) >= 11 is 0. The van der Waals surface area contributed by atoms with Gasteiger partial charge in [0.05, 0.1) is 24.5 Å². The lowest BCUT2D eigenvalue weighted by atomic mass is 9.65. The van der Waals surface area contributed by atoms with E-state index in [-0.39, 0.29) is 42.4 Å². The molecule has 0 amide bonds. The summed E-state index contributed by atoms with van der Waals surface area (Å²) in [5.41, 5.74) is 1.21. The lowest BCUT2D eigenvalue weighted by molar-refractivity contribution is -0.164. The van der Waals surface area contributed by atoms with Gasteiger partial charge in [0.1, 0.15) is 12.2 Å². The molecule has 3 rings (SSSR count). The van der Waals surface area contributed by atoms with Crippen LogP contribution in [0.25, 0.3) is 0 Å². The summed E-state index contributed by atoms with van der Waals surface area (Å²) in [5.74, 6) is -0.283. The van der Waals surface area contributed by atoms with Crippen LogP contribution >= 0.6 is 0 Å². The molecule has 0 spiro atoms. The highest BCUT2D eigenvalue weighted by atomic mass is 16.6. The van der Waals surface area contributed by atoms with Crippen molar-refractivity contribution in [2.24, 2.45) is 29.6 Å². The van der Waals surface area contributed by atoms with E-state index in [4.69, 9.17) is 9.47 Å². The molecule has 30 heavy (non-hydrogen) atoms. The predicted molar refractivity (Wildman–Crippen MR) is 112 cm³/mol. The van der Waals surface area contributed by atoms with Gasteiger partial charge >= 0.3 is 11.9 Å². The minimum Gasteiger partial charge on any atom is -0.462 e. The molecule has 0 bridgehead atoms. The number of ether oxygens (including phenoxy) is 2. The van der Waals surface area contributed by atoms with Gasteiger partial charge < -0.3 is 19.7 Å². The van der Waals surface area contributed by atoms with Gasteiger partial charge in [-0.3, -0.25) is 9.59 Å². The number of rotatable bonds is 6. The van der Waals surface area contributed by atoms with E-state index in [0.717, 1.165) is 12.8 Å². The Morgan fingerprint density at radius 1 is 1.27 bits per heavy atom. The standard InChI is InChI=1S/C24H36O6/c1-13-9-17-6-5-14(2)20(8-7-19-11-18(26)12-22(27)29-19)23(17)21(10-13)30-24(28)15(3)16(4)25/h5-6,9,13-16,18-21,23,25-26H,7-8,10-12H2,1-4H3/t13-,14-,15-,16-,18+,19+,20-,21-,23-/m0/s1. The fourth-order valence-electron chi connectivity index (χ4n) is 5.09. The third-order valence-corrected chi connectivity index (χ3v) is 7.02. The molecule has 0 aromatic heterocycles. The van der Waals surface area contributed by atoms with Crippen molar-refractivity contribution in [3.8, 4) is 0 Å². The molecule has 0 aromatic carbocycles. The molecular formula is C24H36O6. The third-order valence-electron chi connectivity index (χ3n) is 7.02. The molecule has 3 aliphatic rings. The Morgan fingerprint density at radius 2 is 2.00 bits per heavy atom. The van der Waals surface area contributed by atoms with Crippen LogP contribution in [0.2, 0.25) is 0 Å². The molecule has 2 N–H and O–H groups in total. The van der Waals surface area contributed by atoms with Crippen molar-refractivity contribution < 1.29 is 29.3 Å². The van der Waals surface area contributed by atoms with Crippen molar-refractivity contribution in [2.75, 3.05) is 0 Å². The zero-order valence-corrected chi connectivity index (χ0v) is 18.5. The zero-order valence-electron chi connectivity index (χ0n) is 18.5. The molecule has 0 unspecified atom stereocenters. The van der Waals surface area contributed by atoms with E-state index in [1.54, 1.807) is 13.8 Å². The summed E-state index contributed by atoms with van der Waals surface area (Å²) in [6.45, 7) is 7.61. The smallest absolute Gasteiger partial charge is 0.311 e. The maximum absolute atomic E-state index is 12.6. The number of hydrogen-bond donors (Lipinski definition) is 2. The third kappa shape index (κ3) is 5.33. The van der Waals surface area contributed by atoms with E-state index in [9.17, 15) is 19.8 Å². The second kappa shape index (κ2) is 9.65. The molecule has 9 atom stereocenters. The summed E-state index contributed by atoms with van der Waals surface area (Å²) in [5, 5.41) is 19.7. The summed E-state index contributed by atoms with van der Waals surface area (Å²) in [7, 11) is 0. The van der Waals surface area contributed by atoms with Gasteiger partial charge in [0, 0.05) is 12.3 Å². The van der Waals surface area contributed by atoms with Crippen molar-refractivity contribution in [1.29, 1.82) is 0 Å². The Morgan fingerprint density at radius 3 is 2.67 bits per heavy atom. The molecule has 1 heterocycles. The van der Waals surface area contributed by atoms with Crippen LogP contribution in [-0.4, -0.2) is 46.6 Å². The van der Waals surface area contributed by atoms with Gasteiger partial charge in [-0.1, -0.05) is 32.1 Å². The highest BCUT2D eigenvalue weighted by molar-refractivity contribution is 5.73. The van der Waals surface area contributed by atoms with E-state index >= 15 is 0 Å². The van der Waals surface area contributed by atoms with Crippen LogP contribution in [0.4, 0.5) is 0 Å². The Balaban J connectivity index is 1.74. The largest absolute Gasteiger partial charge is 0.462 e. The molecule has 0 aromatic rings. The van der Waals surface area contributed by atoms with Crippen LogP contribution in [-0.2, 0) is 19.1 Å². The normalized spacial score (nSPS) is 38.1. The number of aliphatic hydroxyl groups excluding tert-OH is 2. The Bertz CT molecular complexity index is 696. The van der Waals surface area contributed by atoms with Crippen molar-refractivity contribution >= 4 is 11.9 Å². The number of carbonyl (C=O) groups excluding carboxylic acids is 2. The monoisotopic (exact) mass is 420 g/mol. The number of aliphatic hydroxyl groups is 2. The lowest BCUT2D eigenvalue weighted by Crippen LogP contribution is -2.42. The van der Waals surface area contributed by atoms with Crippen LogP contribution < -0.4 is 0 Å². The second-order valence-electron chi connectivity index (χ2n) is 9.58. The second-order valence-corrected chi connectivity index (χ2v) is 9.58. The van der Waals surface area contributed by atoms with Gasteiger partial charge in [-0.05, 0) is 56.4 Å². The first-order chi connectivity index (χ1) is 14.2. The van der Waals surface area contributed by atoms with Crippen LogP contribution in [0, 0.1) is 29.6 Å². The topological polar surface area (TPSA) is 93.1 Å². The molecular weight excluding hydrogens is 384 g/mol. The summed E-state index contributed by atoms with van der Waals surface area (Å²) in [6, 6.07) is 0. The number of allylic oxidation sites excluding steroid dienone is 3. The van der Waals surface area contributed by atoms with E-state index < -0.39 is 18.1 Å². The average Bonchev–Trinajstić information content (AvgIpc) is 2.65. The molecule has 6 heteroatoms. The average molecular weight is 421 g/mol. The summed E-state index contributed by atoms with van der Waals surface area (Å²) < 4.78 is 11.4. The maximum atomic E-state index is 12.6. The SMILES string of the molecule is C[C@H](O)[C@H](C)C(=O)O[C@H]1C[C@@H](C)C=C2C=C[C@H](C)[C@H](CC[C@@H]3C[C@@H](O)CC(=O)O3)[C@H]21. The van der Waals surface area contributed by atoms with Gasteiger partial charge in [-0.2, -0.15) is 0 Å². The number of cyclic esters (lactones) is 1. The zero-order chi connectivity index (χ0) is 22.0. The van der Waals surface area contributed by atoms with Crippen LogP contribution in [0.3, 0.4) is 0 Å². The summed E-state index contributed by atoms with van der Waals surface area (Å²) in [4.78, 5) is 24.3. The van der Waals surface area contributed by atoms with Gasteiger partial charge in [0.25, 0.3) is 0 Å². The number of fused-ring (bicyclic) bond motifs is 1. The fraction of sp³-hybridized carbons (Fsp3) is 0.750. The number of hydrogen-bond acceptors (Lipinski definition) is 6. The lowest BCUT2D eigenvalue weighted by Gasteiger charge is -2.43. The molecule has 2 aliphatic carbocycles. The van der Waals surface area contributed by atoms with E-state index in [1.165, 1.54) is 5.57 Å². The minimum atomic E-state index is -0.748. The molecule has 1 fully saturated rings. The van der Waals surface area contributed by atoms with Crippen molar-refractivity contribution in [1.82, 2.24) is 0 Å². The molecule has 6 nitrogen and oxygen atoms in total. The molecule has 0 radical (unpaired) electrons. The first-order valence-corrected chi connectivity index (χ1v) is 11.3. The van der Waals surface area contributed by atoms with Gasteiger partial charge in [-0.15, -0.1) is 0 Å². The maximum Gasteiger partial charge on any atom is 0.311 e.